The molecule has 96 valence electrons. The number of rotatable bonds is 2. The molecule has 1 aromatic carbocycles. The van der Waals surface area contributed by atoms with E-state index in [4.69, 9.17) is 4.74 Å². The number of hydrogen-bond donors (Lipinski definition) is 0. The Morgan fingerprint density at radius 1 is 1.33 bits per heavy atom. The lowest BCUT2D eigenvalue weighted by Gasteiger charge is -2.08. The van der Waals surface area contributed by atoms with Crippen molar-refractivity contribution < 1.29 is 9.53 Å². The molecule has 1 aromatic rings. The Bertz CT molecular complexity index is 501. The molecule has 0 N–H and O–H groups in total. The molecule has 0 unspecified atom stereocenters. The van der Waals surface area contributed by atoms with Crippen LogP contribution >= 0.6 is 0 Å². The van der Waals surface area contributed by atoms with Crippen molar-refractivity contribution in [3.8, 4) is 11.5 Å². The molecular weight excluding hydrogens is 240 g/mol. The summed E-state index contributed by atoms with van der Waals surface area (Å²) in [6.45, 7) is 10.7. The summed E-state index contributed by atoms with van der Waals surface area (Å²) in [4.78, 5) is 11.9. The minimum absolute atomic E-state index is 0.291. The van der Waals surface area contributed by atoms with Crippen molar-refractivity contribution >= 4 is 14.0 Å². The highest BCUT2D eigenvalue weighted by Gasteiger charge is 2.14. The van der Waals surface area contributed by atoms with Crippen molar-refractivity contribution in [1.29, 1.82) is 0 Å². The summed E-state index contributed by atoms with van der Waals surface area (Å²) in [5, 5.41) is 0. The number of hydrogen-bond acceptors (Lipinski definition) is 2. The van der Waals surface area contributed by atoms with Gasteiger partial charge in [-0.05, 0) is 25.5 Å². The fraction of sp³-hybridized carbons (Fsp3) is 0.400. The minimum atomic E-state index is -1.45. The van der Waals surface area contributed by atoms with Crippen LogP contribution in [0.1, 0.15) is 28.4 Å². The first-order valence-electron chi connectivity index (χ1n) is 6.15. The summed E-state index contributed by atoms with van der Waals surface area (Å²) >= 11 is 0. The average molecular weight is 260 g/mol. The highest BCUT2D eigenvalue weighted by Crippen LogP contribution is 2.15. The molecule has 1 rings (SSSR count). The van der Waals surface area contributed by atoms with E-state index in [1.54, 1.807) is 13.0 Å². The zero-order valence-corrected chi connectivity index (χ0v) is 12.8. The van der Waals surface area contributed by atoms with E-state index in [0.29, 0.717) is 12.2 Å². The summed E-state index contributed by atoms with van der Waals surface area (Å²) in [5.74, 6) is 2.88. The predicted molar refractivity (Wildman–Crippen MR) is 77.4 cm³/mol. The highest BCUT2D eigenvalue weighted by atomic mass is 28.3. The van der Waals surface area contributed by atoms with Crippen LogP contribution in [0.4, 0.5) is 0 Å². The first-order valence-corrected chi connectivity index (χ1v) is 9.65. The van der Waals surface area contributed by atoms with Gasteiger partial charge in [0.1, 0.15) is 8.07 Å². The molecule has 0 heterocycles. The van der Waals surface area contributed by atoms with Gasteiger partial charge in [-0.2, -0.15) is 0 Å². The van der Waals surface area contributed by atoms with Crippen LogP contribution in [0.3, 0.4) is 0 Å². The second-order valence-corrected chi connectivity index (χ2v) is 9.97. The Balaban J connectivity index is 3.24. The Morgan fingerprint density at radius 3 is 2.56 bits per heavy atom. The van der Waals surface area contributed by atoms with E-state index in [2.05, 4.69) is 31.1 Å². The van der Waals surface area contributed by atoms with Crippen LogP contribution in [-0.2, 0) is 4.74 Å². The van der Waals surface area contributed by atoms with Gasteiger partial charge in [0.05, 0.1) is 12.2 Å². The zero-order chi connectivity index (χ0) is 13.8. The maximum Gasteiger partial charge on any atom is 0.339 e. The van der Waals surface area contributed by atoms with Crippen LogP contribution < -0.4 is 0 Å². The Morgan fingerprint density at radius 2 is 2.00 bits per heavy atom. The van der Waals surface area contributed by atoms with Gasteiger partial charge in [-0.3, -0.25) is 0 Å². The maximum atomic E-state index is 11.9. The summed E-state index contributed by atoms with van der Waals surface area (Å²) in [7, 11) is -1.45. The van der Waals surface area contributed by atoms with Crippen LogP contribution in [0.15, 0.2) is 18.2 Å². The van der Waals surface area contributed by atoms with Crippen LogP contribution in [0.2, 0.25) is 19.6 Å². The molecule has 0 aliphatic carbocycles. The van der Waals surface area contributed by atoms with Crippen LogP contribution in [0.25, 0.3) is 0 Å². The van der Waals surface area contributed by atoms with E-state index in [-0.39, 0.29) is 5.97 Å². The third kappa shape index (κ3) is 4.05. The molecular formula is C15H20O2Si. The van der Waals surface area contributed by atoms with Crippen molar-refractivity contribution in [1.82, 2.24) is 0 Å². The van der Waals surface area contributed by atoms with Gasteiger partial charge in [-0.25, -0.2) is 4.79 Å². The van der Waals surface area contributed by atoms with E-state index in [9.17, 15) is 4.79 Å². The molecule has 0 fully saturated rings. The van der Waals surface area contributed by atoms with Crippen LogP contribution in [0, 0.1) is 18.4 Å². The van der Waals surface area contributed by atoms with Crippen molar-refractivity contribution in [2.45, 2.75) is 33.5 Å². The second kappa shape index (κ2) is 5.88. The van der Waals surface area contributed by atoms with Gasteiger partial charge in [-0.1, -0.05) is 37.7 Å². The monoisotopic (exact) mass is 260 g/mol. The molecule has 3 heteroatoms. The molecule has 0 bridgehead atoms. The Kier molecular flexibility index (Phi) is 4.74. The molecule has 0 atom stereocenters. The lowest BCUT2D eigenvalue weighted by atomic mass is 10.0. The fourth-order valence-corrected chi connectivity index (χ4v) is 1.96. The van der Waals surface area contributed by atoms with Gasteiger partial charge in [0.15, 0.2) is 0 Å². The van der Waals surface area contributed by atoms with E-state index < -0.39 is 8.07 Å². The van der Waals surface area contributed by atoms with Gasteiger partial charge in [0.2, 0.25) is 0 Å². The molecule has 0 aliphatic heterocycles. The lowest BCUT2D eigenvalue weighted by molar-refractivity contribution is 0.0526. The topological polar surface area (TPSA) is 26.3 Å². The van der Waals surface area contributed by atoms with Gasteiger partial charge in [0.25, 0.3) is 0 Å². The quantitative estimate of drug-likeness (QED) is 0.463. The summed E-state index contributed by atoms with van der Waals surface area (Å²) in [5.41, 5.74) is 5.69. The Hall–Kier alpha value is -1.53. The third-order valence-electron chi connectivity index (χ3n) is 2.33. The minimum Gasteiger partial charge on any atom is -0.462 e. The molecule has 0 spiro atoms. The van der Waals surface area contributed by atoms with E-state index in [0.717, 1.165) is 11.1 Å². The third-order valence-corrected chi connectivity index (χ3v) is 3.21. The van der Waals surface area contributed by atoms with Crippen molar-refractivity contribution in [3.63, 3.8) is 0 Å². The predicted octanol–water partition coefficient (Wildman–Crippen LogP) is 3.40. The highest BCUT2D eigenvalue weighted by molar-refractivity contribution is 6.83. The smallest absolute Gasteiger partial charge is 0.339 e. The molecule has 0 aliphatic rings. The molecule has 18 heavy (non-hydrogen) atoms. The summed E-state index contributed by atoms with van der Waals surface area (Å²) in [6, 6.07) is 5.61. The van der Waals surface area contributed by atoms with Crippen molar-refractivity contribution in [3.05, 3.63) is 34.9 Å². The molecule has 0 saturated heterocycles. The molecule has 0 saturated carbocycles. The molecule has 0 aromatic heterocycles. The van der Waals surface area contributed by atoms with E-state index in [1.807, 2.05) is 19.1 Å². The van der Waals surface area contributed by atoms with Gasteiger partial charge in [-0.15, -0.1) is 5.54 Å². The van der Waals surface area contributed by atoms with Crippen molar-refractivity contribution in [2.24, 2.45) is 0 Å². The average Bonchev–Trinajstić information content (AvgIpc) is 2.26. The van der Waals surface area contributed by atoms with Crippen molar-refractivity contribution in [2.75, 3.05) is 6.61 Å². The number of esters is 1. The SMILES string of the molecule is CCOC(=O)c1cccc(C)c1C#C[Si](C)(C)C. The van der Waals surface area contributed by atoms with Gasteiger partial charge in [0, 0.05) is 5.56 Å². The summed E-state index contributed by atoms with van der Waals surface area (Å²) in [6.07, 6.45) is 0. The number of benzene rings is 1. The second-order valence-electron chi connectivity index (χ2n) is 5.22. The maximum absolute atomic E-state index is 11.9. The molecule has 0 amide bonds. The van der Waals surface area contributed by atoms with Gasteiger partial charge >= 0.3 is 5.97 Å². The number of ether oxygens (including phenoxy) is 1. The number of carbonyl (C=O) groups excluding carboxylic acids is 1. The first kappa shape index (κ1) is 14.5. The summed E-state index contributed by atoms with van der Waals surface area (Å²) < 4.78 is 5.06. The van der Waals surface area contributed by atoms with Gasteiger partial charge < -0.3 is 4.74 Å². The standard InChI is InChI=1S/C15H20O2Si/c1-6-17-15(16)14-9-7-8-12(2)13(14)10-11-18(3,4)5/h7-9H,6H2,1-5H3. The fourth-order valence-electron chi connectivity index (χ4n) is 1.46. The van der Waals surface area contributed by atoms with E-state index in [1.165, 1.54) is 0 Å². The molecule has 0 radical (unpaired) electrons. The first-order chi connectivity index (χ1) is 8.35. The lowest BCUT2D eigenvalue weighted by Crippen LogP contribution is -2.16. The largest absolute Gasteiger partial charge is 0.462 e. The van der Waals surface area contributed by atoms with Crippen LogP contribution in [0.5, 0.6) is 0 Å². The van der Waals surface area contributed by atoms with E-state index >= 15 is 0 Å². The number of carbonyl (C=O) groups is 1. The number of aryl methyl sites for hydroxylation is 1. The Labute approximate surface area is 110 Å². The normalized spacial score (nSPS) is 10.5. The van der Waals surface area contributed by atoms with Crippen LogP contribution in [-0.4, -0.2) is 20.7 Å². The zero-order valence-electron chi connectivity index (χ0n) is 11.8. The molecule has 2 nitrogen and oxygen atoms in total.